The van der Waals surface area contributed by atoms with Gasteiger partial charge in [-0.3, -0.25) is 51.2 Å². The normalized spacial score (nSPS) is 19.7. The molecule has 0 aliphatic carbocycles. The number of nitrogens with two attached hydrogens (primary N) is 3. The Morgan fingerprint density at radius 1 is 0.426 bits per heavy atom. The molecule has 5 unspecified atom stereocenters. The number of nitrogens with zero attached hydrogens (tertiary/aromatic N) is 31. The summed E-state index contributed by atoms with van der Waals surface area (Å²) in [5, 5.41) is 21.1. The lowest BCUT2D eigenvalue weighted by atomic mass is 9.83. The second-order valence-electron chi connectivity index (χ2n) is 35.9. The summed E-state index contributed by atoms with van der Waals surface area (Å²) < 4.78 is 9.03. The lowest BCUT2D eigenvalue weighted by Gasteiger charge is -2.44. The number of aliphatic imine (C=N–C) groups is 2. The first-order valence-electron chi connectivity index (χ1n) is 46.6. The van der Waals surface area contributed by atoms with Gasteiger partial charge in [0.2, 0.25) is 5.91 Å². The number of nitrogens with one attached hydrogen (secondary N) is 3. The van der Waals surface area contributed by atoms with Crippen molar-refractivity contribution in [1.29, 1.82) is 0 Å². The number of fused-ring (bicyclic) bond motifs is 7. The highest BCUT2D eigenvalue weighted by Gasteiger charge is 2.39. The van der Waals surface area contributed by atoms with E-state index in [9.17, 15) is 29.1 Å². The number of primary amides is 3. The highest BCUT2D eigenvalue weighted by atomic mass is 35.5. The molecule has 15 aromatic heterocycles. The maximum Gasteiger partial charge on any atom is 0.317 e. The molecule has 24 heterocycles. The molecule has 0 aromatic carbocycles. The number of piperidine rings is 2. The van der Waals surface area contributed by atoms with Gasteiger partial charge in [-0.2, -0.15) is 0 Å². The number of pyridine rings is 3. The molecule has 9 aliphatic heterocycles. The zero-order chi connectivity index (χ0) is 97.3. The minimum absolute atomic E-state index is 0.0101. The van der Waals surface area contributed by atoms with Crippen LogP contribution >= 0.6 is 23.2 Å². The number of hydrogen-bond acceptors (Lipinski definition) is 32. The van der Waals surface area contributed by atoms with E-state index in [0.717, 1.165) is 185 Å². The quantitative estimate of drug-likeness (QED) is 0.0506. The summed E-state index contributed by atoms with van der Waals surface area (Å²) in [6.07, 6.45) is 41.1. The number of urea groups is 1. The smallest absolute Gasteiger partial charge is 0.317 e. The van der Waals surface area contributed by atoms with Crippen molar-refractivity contribution in [1.82, 2.24) is 132 Å². The van der Waals surface area contributed by atoms with E-state index >= 15 is 0 Å². The number of piperazine rings is 4. The Morgan fingerprint density at radius 2 is 0.830 bits per heavy atom. The van der Waals surface area contributed by atoms with Crippen LogP contribution in [0, 0.1) is 5.92 Å². The summed E-state index contributed by atoms with van der Waals surface area (Å²) in [4.78, 5) is 157. The number of carbonyl (C=O) groups excluding carboxylic acids is 5. The van der Waals surface area contributed by atoms with Gasteiger partial charge in [0.15, 0.2) is 39.9 Å². The summed E-state index contributed by atoms with van der Waals surface area (Å²) in [5.41, 5.74) is 27.8. The maximum absolute atomic E-state index is 12.1. The molecule has 7 fully saturated rings. The second-order valence-corrected chi connectivity index (χ2v) is 36.7. The van der Waals surface area contributed by atoms with Crippen molar-refractivity contribution in [2.24, 2.45) is 33.1 Å². The molecule has 0 radical (unpaired) electrons. The third-order valence-corrected chi connectivity index (χ3v) is 27.3. The maximum atomic E-state index is 12.1. The first-order chi connectivity index (χ1) is 68.4. The topological polar surface area (TPSA) is 508 Å². The largest absolute Gasteiger partial charge is 0.390 e. The molecule has 45 heteroatoms. The molecule has 6 atom stereocenters. The number of anilines is 5. The molecule has 141 heavy (non-hydrogen) atoms. The zero-order valence-electron chi connectivity index (χ0n) is 77.5. The van der Waals surface area contributed by atoms with Gasteiger partial charge in [-0.05, 0) is 119 Å². The van der Waals surface area contributed by atoms with Gasteiger partial charge in [-0.15, -0.1) is 0 Å². The lowest BCUT2D eigenvalue weighted by molar-refractivity contribution is -0.136. The number of halogens is 2. The number of amides is 6. The Morgan fingerprint density at radius 3 is 1.25 bits per heavy atom. The summed E-state index contributed by atoms with van der Waals surface area (Å²) in [6, 6.07) is 22.8. The van der Waals surface area contributed by atoms with Crippen LogP contribution in [0.5, 0.6) is 0 Å². The van der Waals surface area contributed by atoms with Crippen molar-refractivity contribution >= 4 is 123 Å². The molecule has 6 amide bonds. The van der Waals surface area contributed by atoms with Crippen LogP contribution in [-0.4, -0.2) is 304 Å². The predicted molar refractivity (Wildman–Crippen MR) is 531 cm³/mol. The molecule has 9 aliphatic rings. The van der Waals surface area contributed by atoms with Gasteiger partial charge >= 0.3 is 6.03 Å². The Bertz CT molecular complexity index is 7230. The second kappa shape index (κ2) is 39.9. The monoisotopic (exact) mass is 1940 g/mol. The highest BCUT2D eigenvalue weighted by Crippen LogP contribution is 2.36. The fourth-order valence-corrected chi connectivity index (χ4v) is 19.7. The highest BCUT2D eigenvalue weighted by molar-refractivity contribution is 6.29. The Labute approximate surface area is 817 Å². The Kier molecular flexibility index (Phi) is 26.3. The van der Waals surface area contributed by atoms with Crippen LogP contribution in [0.4, 0.5) is 33.9 Å². The third kappa shape index (κ3) is 19.6. The van der Waals surface area contributed by atoms with E-state index in [1.54, 1.807) is 100.0 Å². The minimum atomic E-state index is -0.649. The molecule has 10 N–H and O–H groups in total. The van der Waals surface area contributed by atoms with Crippen LogP contribution in [0.25, 0.3) is 85.4 Å². The molecule has 0 spiro atoms. The summed E-state index contributed by atoms with van der Waals surface area (Å²) >= 11 is 12.1. The molecule has 0 bridgehead atoms. The molecular formula is C96H101Cl2N37O6. The molecule has 24 rings (SSSR count). The zero-order valence-corrected chi connectivity index (χ0v) is 79.0. The van der Waals surface area contributed by atoms with Crippen LogP contribution in [-0.2, 0) is 4.79 Å². The number of aromatic nitrogens is 22. The van der Waals surface area contributed by atoms with E-state index in [1.165, 1.54) is 29.7 Å². The number of carbonyl (C=O) groups is 5. The van der Waals surface area contributed by atoms with Crippen LogP contribution in [0.15, 0.2) is 205 Å². The summed E-state index contributed by atoms with van der Waals surface area (Å²) in [6.45, 7) is 20.0. The summed E-state index contributed by atoms with van der Waals surface area (Å²) in [7, 11) is 0. The summed E-state index contributed by atoms with van der Waals surface area (Å²) in [5.74, 6) is 4.42. The van der Waals surface area contributed by atoms with Gasteiger partial charge in [-0.25, -0.2) is 89.5 Å². The fourth-order valence-electron chi connectivity index (χ4n) is 19.5. The van der Waals surface area contributed by atoms with Crippen molar-refractivity contribution in [3.05, 3.63) is 223 Å². The predicted octanol–water partition coefficient (Wildman–Crippen LogP) is 7.11. The van der Waals surface area contributed by atoms with E-state index in [1.807, 2.05) is 112 Å². The van der Waals surface area contributed by atoms with Crippen molar-refractivity contribution < 1.29 is 29.1 Å². The molecule has 7 saturated heterocycles. The number of imidazole rings is 5. The van der Waals surface area contributed by atoms with Gasteiger partial charge < -0.3 is 72.6 Å². The number of rotatable bonds is 16. The molecule has 43 nitrogen and oxygen atoms in total. The molecular weight excluding hydrogens is 1840 g/mol. The third-order valence-electron chi connectivity index (χ3n) is 26.9. The first kappa shape index (κ1) is 92.8. The first-order valence-corrected chi connectivity index (χ1v) is 47.4. The average molecular weight is 1940 g/mol. The van der Waals surface area contributed by atoms with Crippen LogP contribution in [0.2, 0.25) is 10.3 Å². The Hall–Kier alpha value is -15.9. The molecule has 15 aromatic rings. The van der Waals surface area contributed by atoms with Gasteiger partial charge in [0.25, 0.3) is 17.7 Å². The molecule has 0 saturated carbocycles. The van der Waals surface area contributed by atoms with Gasteiger partial charge in [0.05, 0.1) is 133 Å². The SMILES string of the molecule is CC(C)(O)C1CCN(c2cccc(-c3cnc4cnc(C(N)=O)cn34)n2)CC1.CC1C(C2=CCN=C2)NCCN1c1ccnc(-c2cnc3cnc(Cl)cn23)n1.CC1C(C2=CCN=C2)NCCN1c1ccnc(-c2cnc3cnc(Cl)cn23)n1.NC(=O)c1cn2c(-c3cccc(N4CCN5C(=O)CCC[C@H]5C4)n3)cnc2cn1.NC(=O)c1cn2c(-c3cccc(N4CCN5C(=O)NCC5C4)n3)cnc2cn1. The minimum Gasteiger partial charge on any atom is -0.390 e. The fraction of sp³-hybridized carbons (Fsp3) is 0.333. The van der Waals surface area contributed by atoms with Gasteiger partial charge in [-0.1, -0.05) is 53.6 Å². The van der Waals surface area contributed by atoms with Crippen molar-refractivity contribution in [3.63, 3.8) is 0 Å². The van der Waals surface area contributed by atoms with Gasteiger partial charge in [0, 0.05) is 165 Å². The van der Waals surface area contributed by atoms with E-state index in [0.29, 0.717) is 75.6 Å². The molecule has 720 valence electrons. The van der Waals surface area contributed by atoms with Crippen molar-refractivity contribution in [2.45, 2.75) is 102 Å². The van der Waals surface area contributed by atoms with Crippen LogP contribution < -0.4 is 57.7 Å². The lowest BCUT2D eigenvalue weighted by Crippen LogP contribution is -2.57. The van der Waals surface area contributed by atoms with E-state index in [-0.39, 0.29) is 65.3 Å². The van der Waals surface area contributed by atoms with E-state index in [4.69, 9.17) is 65.3 Å². The van der Waals surface area contributed by atoms with Crippen LogP contribution in [0.1, 0.15) is 91.3 Å². The number of aliphatic hydroxyl groups is 1. The van der Waals surface area contributed by atoms with Crippen molar-refractivity contribution in [2.75, 3.05) is 123 Å². The average Bonchev–Trinajstić information content (AvgIpc) is 1.53. The van der Waals surface area contributed by atoms with Gasteiger partial charge in [0.1, 0.15) is 67.9 Å². The van der Waals surface area contributed by atoms with E-state index < -0.39 is 23.3 Å². The Balaban J connectivity index is 0.000000108. The van der Waals surface area contributed by atoms with Crippen molar-refractivity contribution in [3.8, 4) is 57.2 Å². The van der Waals surface area contributed by atoms with Crippen LogP contribution in [0.3, 0.4) is 0 Å². The standard InChI is InChI=1S/C20H21N7O2.C20H24N6O2.2C19H19ClN8.C18H18N8O2/c21-20(29)15-12-27-16(9-23-18(27)10-22-15)14-4-2-5-17(24-14)25-7-8-26-13(11-25)3-1-6-19(26)28;1-20(2,28)13-6-8-25(9-7-13)17-5-3-4-14(24-17)16-10-23-18-11-22-15(19(21)27)12-26(16)18;2*1-12-18(13-2-4-21-8-13)22-6-7-27(12)16-3-5-23-19(26-16)14-9-25-17-10-24-15(20)11-28(14)17;19-17(27)13-10-26-14(7-21-16(26)8-20-13)12-2-1-3-15(23-12)24-4-5-25-11(9-24)6-22-18(25)28/h2,4-5,9-10,12-13H,1,3,6-8,11H2,(H2,21,29);3-5,10-13,28H,6-9H2,1-2H3,(H2,21,27);2*2-3,5,8-12,18,22H,4,6-7H2,1H3;1-3,7-8,10-11H,4-6,9H2,(H2,19,27)(H,22,28)/t13-;;;;/m0..../s1. The van der Waals surface area contributed by atoms with E-state index in [2.05, 4.69) is 136 Å². The number of hydrogen-bond donors (Lipinski definition) is 7.